The Balaban J connectivity index is 2.36. The maximum atomic E-state index is 11.8. The average molecular weight is 211 g/mol. The van der Waals surface area contributed by atoms with Crippen LogP contribution < -0.4 is 5.32 Å². The first kappa shape index (κ1) is 11.3. The number of halogens is 3. The van der Waals surface area contributed by atoms with Gasteiger partial charge in [-0.3, -0.25) is 4.79 Å². The molecule has 0 aromatic carbocycles. The largest absolute Gasteiger partial charge is 0.471 e. The zero-order valence-corrected chi connectivity index (χ0v) is 7.73. The molecule has 0 aliphatic heterocycles. The number of carbonyl (C=O) groups is 1. The predicted molar refractivity (Wildman–Crippen MR) is 42.6 cm³/mol. The van der Waals surface area contributed by atoms with E-state index >= 15 is 0 Å². The molecule has 2 atom stereocenters. The van der Waals surface area contributed by atoms with Gasteiger partial charge < -0.3 is 10.1 Å². The predicted octanol–water partition coefficient (Wildman–Crippen LogP) is 1.23. The quantitative estimate of drug-likeness (QED) is 0.746. The summed E-state index contributed by atoms with van der Waals surface area (Å²) < 4.78 is 40.5. The number of rotatable bonds is 2. The van der Waals surface area contributed by atoms with Crippen molar-refractivity contribution in [3.63, 3.8) is 0 Å². The second kappa shape index (κ2) is 4.16. The van der Waals surface area contributed by atoms with Gasteiger partial charge >= 0.3 is 12.1 Å². The molecule has 0 spiro atoms. The van der Waals surface area contributed by atoms with Crippen molar-refractivity contribution in [2.75, 3.05) is 7.11 Å². The Hall–Kier alpha value is -0.780. The van der Waals surface area contributed by atoms with Gasteiger partial charge in [-0.25, -0.2) is 0 Å². The normalized spacial score (nSPS) is 27.7. The summed E-state index contributed by atoms with van der Waals surface area (Å²) in [4.78, 5) is 10.5. The fourth-order valence-corrected chi connectivity index (χ4v) is 1.55. The summed E-state index contributed by atoms with van der Waals surface area (Å²) in [7, 11) is 1.51. The molecular formula is C8H12F3NO2. The van der Waals surface area contributed by atoms with Crippen LogP contribution in [0.4, 0.5) is 13.2 Å². The first-order valence-corrected chi connectivity index (χ1v) is 4.34. The molecule has 14 heavy (non-hydrogen) atoms. The number of nitrogens with one attached hydrogen (secondary N) is 1. The highest BCUT2D eigenvalue weighted by atomic mass is 19.4. The molecule has 1 aliphatic rings. The maximum absolute atomic E-state index is 11.8. The van der Waals surface area contributed by atoms with Gasteiger partial charge in [0.1, 0.15) is 0 Å². The summed E-state index contributed by atoms with van der Waals surface area (Å²) in [5, 5.41) is 1.94. The number of ether oxygens (including phenoxy) is 1. The van der Waals surface area contributed by atoms with Gasteiger partial charge in [0.25, 0.3) is 0 Å². The SMILES string of the molecule is COC1CCC(NC(=O)C(F)(F)F)C1. The number of amides is 1. The van der Waals surface area contributed by atoms with Crippen LogP contribution in [0.3, 0.4) is 0 Å². The minimum Gasteiger partial charge on any atom is -0.381 e. The van der Waals surface area contributed by atoms with Crippen molar-refractivity contribution < 1.29 is 22.7 Å². The number of carbonyl (C=O) groups excluding carboxylic acids is 1. The molecule has 0 aromatic heterocycles. The van der Waals surface area contributed by atoms with Gasteiger partial charge in [-0.1, -0.05) is 0 Å². The van der Waals surface area contributed by atoms with Crippen LogP contribution in [0.1, 0.15) is 19.3 Å². The number of alkyl halides is 3. The molecule has 0 radical (unpaired) electrons. The molecule has 3 nitrogen and oxygen atoms in total. The molecular weight excluding hydrogens is 199 g/mol. The van der Waals surface area contributed by atoms with E-state index in [1.165, 1.54) is 7.11 Å². The lowest BCUT2D eigenvalue weighted by molar-refractivity contribution is -0.174. The van der Waals surface area contributed by atoms with Crippen LogP contribution >= 0.6 is 0 Å². The third kappa shape index (κ3) is 2.87. The van der Waals surface area contributed by atoms with Crippen molar-refractivity contribution in [1.29, 1.82) is 0 Å². The van der Waals surface area contributed by atoms with Crippen LogP contribution in [-0.2, 0) is 9.53 Å². The summed E-state index contributed by atoms with van der Waals surface area (Å²) in [6, 6.07) is -0.408. The fourth-order valence-electron chi connectivity index (χ4n) is 1.55. The van der Waals surface area contributed by atoms with Crippen molar-refractivity contribution in [2.24, 2.45) is 0 Å². The summed E-state index contributed by atoms with van der Waals surface area (Å²) in [6.07, 6.45) is -3.13. The van der Waals surface area contributed by atoms with Crippen molar-refractivity contribution in [1.82, 2.24) is 5.32 Å². The number of hydrogen-bond donors (Lipinski definition) is 1. The van der Waals surface area contributed by atoms with Gasteiger partial charge in [-0.05, 0) is 19.3 Å². The average Bonchev–Trinajstić information content (AvgIpc) is 2.50. The van der Waals surface area contributed by atoms with Gasteiger partial charge in [0.15, 0.2) is 0 Å². The molecule has 0 saturated heterocycles. The van der Waals surface area contributed by atoms with Gasteiger partial charge in [0.05, 0.1) is 6.10 Å². The zero-order valence-electron chi connectivity index (χ0n) is 7.73. The fraction of sp³-hybridized carbons (Fsp3) is 0.875. The smallest absolute Gasteiger partial charge is 0.381 e. The molecule has 82 valence electrons. The van der Waals surface area contributed by atoms with E-state index in [4.69, 9.17) is 4.74 Å². The second-order valence-electron chi connectivity index (χ2n) is 3.34. The lowest BCUT2D eigenvalue weighted by Gasteiger charge is -2.14. The third-order valence-electron chi connectivity index (χ3n) is 2.31. The van der Waals surface area contributed by atoms with Gasteiger partial charge in [-0.15, -0.1) is 0 Å². The Bertz CT molecular complexity index is 217. The Kier molecular flexibility index (Phi) is 3.36. The van der Waals surface area contributed by atoms with Crippen molar-refractivity contribution in [3.8, 4) is 0 Å². The first-order valence-electron chi connectivity index (χ1n) is 4.34. The monoisotopic (exact) mass is 211 g/mol. The van der Waals surface area contributed by atoms with Crippen molar-refractivity contribution >= 4 is 5.91 Å². The third-order valence-corrected chi connectivity index (χ3v) is 2.31. The van der Waals surface area contributed by atoms with E-state index in [1.54, 1.807) is 0 Å². The maximum Gasteiger partial charge on any atom is 0.471 e. The highest BCUT2D eigenvalue weighted by molar-refractivity contribution is 5.81. The van der Waals surface area contributed by atoms with Gasteiger partial charge in [-0.2, -0.15) is 13.2 Å². The molecule has 1 saturated carbocycles. The van der Waals surface area contributed by atoms with E-state index in [9.17, 15) is 18.0 Å². The Morgan fingerprint density at radius 1 is 1.43 bits per heavy atom. The van der Waals surface area contributed by atoms with Crippen LogP contribution in [0.5, 0.6) is 0 Å². The molecule has 2 unspecified atom stereocenters. The first-order chi connectivity index (χ1) is 6.43. The van der Waals surface area contributed by atoms with E-state index in [0.717, 1.165) is 0 Å². The molecule has 1 aliphatic carbocycles. The van der Waals surface area contributed by atoms with Crippen LogP contribution in [0, 0.1) is 0 Å². The molecule has 1 fully saturated rings. The van der Waals surface area contributed by atoms with Gasteiger partial charge in [0.2, 0.25) is 0 Å². The molecule has 0 aromatic rings. The van der Waals surface area contributed by atoms with Crippen molar-refractivity contribution in [2.45, 2.75) is 37.6 Å². The minimum absolute atomic E-state index is 0.0338. The molecule has 1 rings (SSSR count). The van der Waals surface area contributed by atoms with E-state index in [-0.39, 0.29) is 6.10 Å². The van der Waals surface area contributed by atoms with Gasteiger partial charge in [0, 0.05) is 13.2 Å². The zero-order chi connectivity index (χ0) is 10.8. The van der Waals surface area contributed by atoms with Crippen molar-refractivity contribution in [3.05, 3.63) is 0 Å². The highest BCUT2D eigenvalue weighted by Crippen LogP contribution is 2.23. The van der Waals surface area contributed by atoms with Crippen LogP contribution in [-0.4, -0.2) is 31.3 Å². The minimum atomic E-state index is -4.79. The standard InChI is InChI=1S/C8H12F3NO2/c1-14-6-3-2-5(4-6)12-7(13)8(9,10)11/h5-6H,2-4H2,1H3,(H,12,13). The van der Waals surface area contributed by atoms with Crippen LogP contribution in [0.25, 0.3) is 0 Å². The van der Waals surface area contributed by atoms with E-state index in [2.05, 4.69) is 0 Å². The lowest BCUT2D eigenvalue weighted by atomic mass is 10.2. The summed E-state index contributed by atoms with van der Waals surface area (Å²) in [6.45, 7) is 0. The summed E-state index contributed by atoms with van der Waals surface area (Å²) in [5.41, 5.74) is 0. The summed E-state index contributed by atoms with van der Waals surface area (Å²) in [5.74, 6) is -1.86. The molecule has 1 amide bonds. The topological polar surface area (TPSA) is 38.3 Å². The van der Waals surface area contributed by atoms with E-state index in [0.29, 0.717) is 19.3 Å². The van der Waals surface area contributed by atoms with Crippen LogP contribution in [0.15, 0.2) is 0 Å². The molecule has 0 bridgehead atoms. The highest BCUT2D eigenvalue weighted by Gasteiger charge is 2.40. The number of hydrogen-bond acceptors (Lipinski definition) is 2. The van der Waals surface area contributed by atoms with E-state index < -0.39 is 18.1 Å². The Labute approximate surface area is 79.6 Å². The lowest BCUT2D eigenvalue weighted by Crippen LogP contribution is -2.42. The number of methoxy groups -OCH3 is 1. The molecule has 0 heterocycles. The molecule has 1 N–H and O–H groups in total. The summed E-state index contributed by atoms with van der Waals surface area (Å²) >= 11 is 0. The van der Waals surface area contributed by atoms with E-state index in [1.807, 2.05) is 5.32 Å². The Morgan fingerprint density at radius 3 is 2.50 bits per heavy atom. The Morgan fingerprint density at radius 2 is 2.07 bits per heavy atom. The molecule has 6 heteroatoms. The van der Waals surface area contributed by atoms with Crippen LogP contribution in [0.2, 0.25) is 0 Å². The second-order valence-corrected chi connectivity index (χ2v) is 3.34.